The molecule has 0 rings (SSSR count). The van der Waals surface area contributed by atoms with Crippen LogP contribution in [-0.4, -0.2) is 17.6 Å². The average molecular weight is 186 g/mol. The standard InChI is InChI=1S/C3H6O3S3/c4-9(5,6)2-1-3(7)8/h1-3,7-8H,(H,4,5,6)/b2-1+. The lowest BCUT2D eigenvalue weighted by Gasteiger charge is -1.88. The van der Waals surface area contributed by atoms with E-state index < -0.39 is 14.7 Å². The molecular formula is C3H6O3S3. The fourth-order valence-corrected chi connectivity index (χ4v) is 0.930. The second-order valence-electron chi connectivity index (χ2n) is 1.26. The minimum absolute atomic E-state index is 0.466. The smallest absolute Gasteiger partial charge is 0.282 e. The van der Waals surface area contributed by atoms with E-state index in [9.17, 15) is 8.42 Å². The van der Waals surface area contributed by atoms with Gasteiger partial charge in [0.15, 0.2) is 0 Å². The van der Waals surface area contributed by atoms with Crippen LogP contribution in [0.4, 0.5) is 0 Å². The van der Waals surface area contributed by atoms with Crippen molar-refractivity contribution in [1.29, 1.82) is 0 Å². The summed E-state index contributed by atoms with van der Waals surface area (Å²) in [6.45, 7) is 0. The van der Waals surface area contributed by atoms with Gasteiger partial charge in [-0.05, 0) is 6.08 Å². The van der Waals surface area contributed by atoms with Gasteiger partial charge in [0.05, 0.1) is 9.99 Å². The summed E-state index contributed by atoms with van der Waals surface area (Å²) >= 11 is 7.42. The van der Waals surface area contributed by atoms with Crippen molar-refractivity contribution in [3.63, 3.8) is 0 Å². The quantitative estimate of drug-likeness (QED) is 0.336. The van der Waals surface area contributed by atoms with Gasteiger partial charge in [-0.1, -0.05) is 0 Å². The van der Waals surface area contributed by atoms with Crippen molar-refractivity contribution < 1.29 is 13.0 Å². The fraction of sp³-hybridized carbons (Fsp3) is 0.333. The van der Waals surface area contributed by atoms with Crippen LogP contribution in [0.3, 0.4) is 0 Å². The highest BCUT2D eigenvalue weighted by Crippen LogP contribution is 2.01. The number of hydrogen-bond acceptors (Lipinski definition) is 4. The zero-order chi connectivity index (χ0) is 7.49. The minimum atomic E-state index is -4.00. The third-order valence-electron chi connectivity index (χ3n) is 0.423. The van der Waals surface area contributed by atoms with Crippen LogP contribution >= 0.6 is 25.3 Å². The van der Waals surface area contributed by atoms with Crippen LogP contribution < -0.4 is 0 Å². The Morgan fingerprint density at radius 2 is 1.89 bits per heavy atom. The maximum atomic E-state index is 9.94. The first-order chi connectivity index (χ1) is 3.92. The van der Waals surface area contributed by atoms with Crippen molar-refractivity contribution in [2.24, 2.45) is 0 Å². The third-order valence-corrected chi connectivity index (χ3v) is 1.27. The van der Waals surface area contributed by atoms with Crippen LogP contribution in [0.25, 0.3) is 0 Å². The lowest BCUT2D eigenvalue weighted by molar-refractivity contribution is 0.494. The summed E-state index contributed by atoms with van der Waals surface area (Å²) < 4.78 is 27.5. The number of hydrogen-bond donors (Lipinski definition) is 3. The Labute approximate surface area is 64.7 Å². The van der Waals surface area contributed by atoms with Gasteiger partial charge in [-0.3, -0.25) is 4.55 Å². The molecule has 0 aromatic heterocycles. The van der Waals surface area contributed by atoms with Crippen LogP contribution in [0.15, 0.2) is 11.5 Å². The Balaban J connectivity index is 4.03. The summed E-state index contributed by atoms with van der Waals surface area (Å²) in [5.41, 5.74) is 0. The highest BCUT2D eigenvalue weighted by atomic mass is 32.2. The second-order valence-corrected chi connectivity index (χ2v) is 4.08. The number of thiol groups is 2. The summed E-state index contributed by atoms with van der Waals surface area (Å²) in [5, 5.41) is 0.637. The Morgan fingerprint density at radius 1 is 1.44 bits per heavy atom. The molecule has 9 heavy (non-hydrogen) atoms. The molecular weight excluding hydrogens is 180 g/mol. The van der Waals surface area contributed by atoms with Crippen molar-refractivity contribution in [3.05, 3.63) is 11.5 Å². The molecule has 0 heterocycles. The van der Waals surface area contributed by atoms with Crippen LogP contribution in [0.5, 0.6) is 0 Å². The molecule has 0 saturated heterocycles. The predicted molar refractivity (Wildman–Crippen MR) is 42.4 cm³/mol. The normalized spacial score (nSPS) is 13.3. The first kappa shape index (κ1) is 9.35. The molecule has 54 valence electrons. The molecule has 0 aromatic rings. The van der Waals surface area contributed by atoms with E-state index in [1.165, 1.54) is 0 Å². The van der Waals surface area contributed by atoms with Gasteiger partial charge in [0.25, 0.3) is 10.1 Å². The van der Waals surface area contributed by atoms with Crippen LogP contribution in [0, 0.1) is 0 Å². The van der Waals surface area contributed by atoms with Crippen molar-refractivity contribution in [1.82, 2.24) is 0 Å². The first-order valence-electron chi connectivity index (χ1n) is 1.93. The molecule has 0 atom stereocenters. The third kappa shape index (κ3) is 8.35. The van der Waals surface area contributed by atoms with Crippen LogP contribution in [0.1, 0.15) is 0 Å². The highest BCUT2D eigenvalue weighted by molar-refractivity contribution is 7.99. The zero-order valence-corrected chi connectivity index (χ0v) is 6.90. The molecule has 0 amide bonds. The van der Waals surface area contributed by atoms with E-state index in [0.29, 0.717) is 5.41 Å². The molecule has 0 aliphatic carbocycles. The van der Waals surface area contributed by atoms with Gasteiger partial charge in [0.2, 0.25) is 0 Å². The van der Waals surface area contributed by atoms with Crippen molar-refractivity contribution >= 4 is 35.4 Å². The van der Waals surface area contributed by atoms with Crippen LogP contribution in [-0.2, 0) is 10.1 Å². The summed E-state index contributed by atoms with van der Waals surface area (Å²) in [6, 6.07) is 0. The lowest BCUT2D eigenvalue weighted by Crippen LogP contribution is -1.90. The van der Waals surface area contributed by atoms with Gasteiger partial charge < -0.3 is 0 Å². The van der Waals surface area contributed by atoms with Gasteiger partial charge in [0, 0.05) is 0 Å². The molecule has 0 bridgehead atoms. The summed E-state index contributed by atoms with van der Waals surface area (Å²) in [6.07, 6.45) is 1.14. The van der Waals surface area contributed by atoms with Gasteiger partial charge in [0.1, 0.15) is 0 Å². The first-order valence-corrected chi connectivity index (χ1v) is 4.47. The monoisotopic (exact) mass is 186 g/mol. The average Bonchev–Trinajstić information content (AvgIpc) is 1.59. The molecule has 0 aromatic carbocycles. The van der Waals surface area contributed by atoms with Gasteiger partial charge in [-0.25, -0.2) is 0 Å². The lowest BCUT2D eigenvalue weighted by atomic mass is 10.7. The van der Waals surface area contributed by atoms with E-state index in [0.717, 1.165) is 6.08 Å². The van der Waals surface area contributed by atoms with E-state index in [1.807, 2.05) is 0 Å². The number of rotatable bonds is 2. The molecule has 0 radical (unpaired) electrons. The molecule has 0 aliphatic rings. The van der Waals surface area contributed by atoms with E-state index in [4.69, 9.17) is 4.55 Å². The molecule has 6 heteroatoms. The maximum absolute atomic E-state index is 9.94. The molecule has 0 aliphatic heterocycles. The van der Waals surface area contributed by atoms with Crippen molar-refractivity contribution in [3.8, 4) is 0 Å². The van der Waals surface area contributed by atoms with E-state index in [2.05, 4.69) is 25.3 Å². The Kier molecular flexibility index (Phi) is 3.64. The van der Waals surface area contributed by atoms with Crippen molar-refractivity contribution in [2.45, 2.75) is 4.58 Å². The Bertz CT molecular complexity index is 190. The minimum Gasteiger partial charge on any atom is -0.282 e. The summed E-state index contributed by atoms with van der Waals surface area (Å²) in [4.78, 5) is 0. The Morgan fingerprint density at radius 3 is 2.00 bits per heavy atom. The predicted octanol–water partition coefficient (Wildman–Crippen LogP) is 0.574. The van der Waals surface area contributed by atoms with Gasteiger partial charge >= 0.3 is 0 Å². The van der Waals surface area contributed by atoms with Gasteiger partial charge in [-0.15, -0.1) is 0 Å². The molecule has 0 spiro atoms. The SMILES string of the molecule is O=S(=O)(O)/C=C/C(S)S. The van der Waals surface area contributed by atoms with Crippen LogP contribution in [0.2, 0.25) is 0 Å². The molecule has 0 fully saturated rings. The maximum Gasteiger partial charge on any atom is 0.287 e. The zero-order valence-electron chi connectivity index (χ0n) is 4.30. The van der Waals surface area contributed by atoms with E-state index >= 15 is 0 Å². The summed E-state index contributed by atoms with van der Waals surface area (Å²) in [5.74, 6) is 0. The molecule has 1 N–H and O–H groups in total. The molecule has 0 unspecified atom stereocenters. The molecule has 3 nitrogen and oxygen atoms in total. The fourth-order valence-electron chi connectivity index (χ4n) is 0.170. The summed E-state index contributed by atoms with van der Waals surface area (Å²) in [7, 11) is -4.00. The molecule has 0 saturated carbocycles. The van der Waals surface area contributed by atoms with Gasteiger partial charge in [-0.2, -0.15) is 33.7 Å². The largest absolute Gasteiger partial charge is 0.287 e. The topological polar surface area (TPSA) is 54.4 Å². The highest BCUT2D eigenvalue weighted by Gasteiger charge is 1.95. The van der Waals surface area contributed by atoms with Crippen molar-refractivity contribution in [2.75, 3.05) is 0 Å². The van der Waals surface area contributed by atoms with E-state index in [-0.39, 0.29) is 0 Å². The second kappa shape index (κ2) is 3.50. The Hall–Kier alpha value is 0.350. The van der Waals surface area contributed by atoms with E-state index in [1.54, 1.807) is 0 Å².